The van der Waals surface area contributed by atoms with Crippen LogP contribution in [0.1, 0.15) is 68.8 Å². The Morgan fingerprint density at radius 3 is 2.60 bits per heavy atom. The van der Waals surface area contributed by atoms with Gasteiger partial charge in [0, 0.05) is 29.6 Å². The van der Waals surface area contributed by atoms with Gasteiger partial charge in [0.1, 0.15) is 0 Å². The summed E-state index contributed by atoms with van der Waals surface area (Å²) in [5.41, 5.74) is 7.63. The summed E-state index contributed by atoms with van der Waals surface area (Å²) < 4.78 is 43.9. The van der Waals surface area contributed by atoms with E-state index in [1.165, 1.54) is 6.20 Å². The van der Waals surface area contributed by atoms with Crippen molar-refractivity contribution in [3.63, 3.8) is 0 Å². The van der Waals surface area contributed by atoms with Crippen LogP contribution in [-0.4, -0.2) is 35.8 Å². The Morgan fingerprint density at radius 2 is 2.00 bits per heavy atom. The third-order valence-corrected chi connectivity index (χ3v) is 6.10. The van der Waals surface area contributed by atoms with E-state index in [0.29, 0.717) is 30.3 Å². The zero-order valence-electron chi connectivity index (χ0n) is 20.2. The SMILES string of the molecule is CC(C)(C)C[C@H](CCOC(N)=O)NC(=O)c1cnc2c(C3=CC[C@@H](C(F)(F)F)CC3)cccc2c1. The molecule has 9 heteroatoms. The maximum Gasteiger partial charge on any atom is 0.404 e. The van der Waals surface area contributed by atoms with Crippen molar-refractivity contribution in [1.82, 2.24) is 10.3 Å². The van der Waals surface area contributed by atoms with Crippen molar-refractivity contribution in [2.24, 2.45) is 17.1 Å². The average Bonchev–Trinajstić information content (AvgIpc) is 2.76. The number of nitrogens with two attached hydrogens (primary N) is 1. The van der Waals surface area contributed by atoms with Crippen LogP contribution in [0.2, 0.25) is 0 Å². The molecule has 1 aliphatic carbocycles. The van der Waals surface area contributed by atoms with Gasteiger partial charge in [-0.2, -0.15) is 13.2 Å². The molecule has 0 spiro atoms. The van der Waals surface area contributed by atoms with Crippen LogP contribution in [0.5, 0.6) is 0 Å². The second-order valence-electron chi connectivity index (χ2n) is 10.2. The second-order valence-corrected chi connectivity index (χ2v) is 10.2. The second kappa shape index (κ2) is 10.7. The Labute approximate surface area is 203 Å². The van der Waals surface area contributed by atoms with E-state index >= 15 is 0 Å². The minimum Gasteiger partial charge on any atom is -0.450 e. The topological polar surface area (TPSA) is 94.3 Å². The number of halogens is 3. The summed E-state index contributed by atoms with van der Waals surface area (Å²) in [5, 5.41) is 3.73. The third kappa shape index (κ3) is 7.44. The van der Waals surface area contributed by atoms with Crippen LogP contribution in [0, 0.1) is 11.3 Å². The number of hydrogen-bond donors (Lipinski definition) is 2. The number of benzene rings is 1. The van der Waals surface area contributed by atoms with Crippen molar-refractivity contribution in [3.8, 4) is 0 Å². The molecule has 0 saturated carbocycles. The fourth-order valence-electron chi connectivity index (χ4n) is 4.46. The van der Waals surface area contributed by atoms with Gasteiger partial charge in [0.05, 0.1) is 23.6 Å². The van der Waals surface area contributed by atoms with Gasteiger partial charge in [0.2, 0.25) is 0 Å². The number of carbonyl (C=O) groups excluding carboxylic acids is 2. The molecular formula is C26H32F3N3O3. The van der Waals surface area contributed by atoms with Gasteiger partial charge < -0.3 is 15.8 Å². The van der Waals surface area contributed by atoms with E-state index in [1.54, 1.807) is 12.1 Å². The van der Waals surface area contributed by atoms with Crippen LogP contribution in [0.4, 0.5) is 18.0 Å². The van der Waals surface area contributed by atoms with Crippen LogP contribution >= 0.6 is 0 Å². The summed E-state index contributed by atoms with van der Waals surface area (Å²) in [4.78, 5) is 28.4. The van der Waals surface area contributed by atoms with Crippen LogP contribution in [0.3, 0.4) is 0 Å². The molecule has 0 fully saturated rings. The molecule has 2 atom stereocenters. The molecule has 1 aromatic heterocycles. The highest BCUT2D eigenvalue weighted by molar-refractivity contribution is 5.99. The summed E-state index contributed by atoms with van der Waals surface area (Å²) >= 11 is 0. The lowest BCUT2D eigenvalue weighted by Crippen LogP contribution is -2.38. The molecule has 1 aromatic carbocycles. The molecule has 1 heterocycles. The molecular weight excluding hydrogens is 459 g/mol. The average molecular weight is 492 g/mol. The van der Waals surface area contributed by atoms with Gasteiger partial charge in [0.25, 0.3) is 5.91 Å². The number of para-hydroxylation sites is 1. The number of amides is 2. The highest BCUT2D eigenvalue weighted by atomic mass is 19.4. The number of fused-ring (bicyclic) bond motifs is 1. The Balaban J connectivity index is 1.78. The number of aromatic nitrogens is 1. The van der Waals surface area contributed by atoms with Gasteiger partial charge in [-0.15, -0.1) is 0 Å². The van der Waals surface area contributed by atoms with Crippen molar-refractivity contribution in [3.05, 3.63) is 47.7 Å². The summed E-state index contributed by atoms with van der Waals surface area (Å²) in [6.45, 7) is 6.26. The summed E-state index contributed by atoms with van der Waals surface area (Å²) in [6.07, 6.45) is -0.467. The number of nitrogens with zero attached hydrogens (tertiary/aromatic N) is 1. The van der Waals surface area contributed by atoms with E-state index in [-0.39, 0.29) is 36.8 Å². The normalized spacial score (nSPS) is 17.5. The largest absolute Gasteiger partial charge is 0.450 e. The number of nitrogens with one attached hydrogen (secondary N) is 1. The highest BCUT2D eigenvalue weighted by Gasteiger charge is 2.39. The monoisotopic (exact) mass is 491 g/mol. The molecule has 0 radical (unpaired) electrons. The maximum atomic E-state index is 13.0. The molecule has 0 bridgehead atoms. The van der Waals surface area contributed by atoms with Gasteiger partial charge in [0.15, 0.2) is 0 Å². The molecule has 2 aromatic rings. The summed E-state index contributed by atoms with van der Waals surface area (Å²) in [6, 6.07) is 7.00. The molecule has 3 N–H and O–H groups in total. The number of pyridine rings is 1. The molecule has 0 saturated heterocycles. The molecule has 1 aliphatic rings. The smallest absolute Gasteiger partial charge is 0.404 e. The van der Waals surface area contributed by atoms with Crippen LogP contribution in [0.15, 0.2) is 36.5 Å². The molecule has 190 valence electrons. The molecule has 6 nitrogen and oxygen atoms in total. The van der Waals surface area contributed by atoms with E-state index in [4.69, 9.17) is 10.5 Å². The fraction of sp³-hybridized carbons (Fsp3) is 0.500. The Bertz CT molecular complexity index is 1110. The number of carbonyl (C=O) groups is 2. The third-order valence-electron chi connectivity index (χ3n) is 6.10. The summed E-state index contributed by atoms with van der Waals surface area (Å²) in [5.74, 6) is -1.61. The van der Waals surface area contributed by atoms with Gasteiger partial charge in [-0.3, -0.25) is 9.78 Å². The van der Waals surface area contributed by atoms with E-state index < -0.39 is 18.2 Å². The number of allylic oxidation sites excluding steroid dienone is 2. The number of primary amides is 1. The maximum absolute atomic E-state index is 13.0. The van der Waals surface area contributed by atoms with Gasteiger partial charge in [-0.25, -0.2) is 4.79 Å². The summed E-state index contributed by atoms with van der Waals surface area (Å²) in [7, 11) is 0. The fourth-order valence-corrected chi connectivity index (χ4v) is 4.46. The number of rotatable bonds is 7. The first-order valence-corrected chi connectivity index (χ1v) is 11.7. The lowest BCUT2D eigenvalue weighted by Gasteiger charge is -2.27. The van der Waals surface area contributed by atoms with Crippen LogP contribution in [0.25, 0.3) is 16.5 Å². The zero-order chi connectivity index (χ0) is 25.8. The quantitative estimate of drug-likeness (QED) is 0.497. The lowest BCUT2D eigenvalue weighted by molar-refractivity contribution is -0.175. The minimum absolute atomic E-state index is 0.0374. The van der Waals surface area contributed by atoms with E-state index in [1.807, 2.05) is 18.2 Å². The highest BCUT2D eigenvalue weighted by Crippen LogP contribution is 2.40. The molecule has 2 amide bonds. The minimum atomic E-state index is -4.18. The van der Waals surface area contributed by atoms with E-state index in [9.17, 15) is 22.8 Å². The van der Waals surface area contributed by atoms with Crippen molar-refractivity contribution < 1.29 is 27.5 Å². The standard InChI is InChI=1S/C26H32F3N3O3/c1-25(2,3)14-20(11-12-35-24(30)34)32-23(33)18-13-17-5-4-6-21(22(17)31-15-18)16-7-9-19(10-8-16)26(27,28)29/h4-7,13,15,19-20H,8-12,14H2,1-3H3,(H2,30,34)(H,32,33)/t19-,20+/m1/s1. The Morgan fingerprint density at radius 1 is 1.26 bits per heavy atom. The van der Waals surface area contributed by atoms with Crippen molar-refractivity contribution in [2.75, 3.05) is 6.61 Å². The Kier molecular flexibility index (Phi) is 8.07. The van der Waals surface area contributed by atoms with Crippen LogP contribution < -0.4 is 11.1 Å². The molecule has 3 rings (SSSR count). The Hall–Kier alpha value is -3.10. The van der Waals surface area contributed by atoms with Crippen LogP contribution in [-0.2, 0) is 4.74 Å². The molecule has 0 aliphatic heterocycles. The van der Waals surface area contributed by atoms with Gasteiger partial charge >= 0.3 is 12.3 Å². The van der Waals surface area contributed by atoms with E-state index in [0.717, 1.165) is 16.5 Å². The number of hydrogen-bond acceptors (Lipinski definition) is 4. The van der Waals surface area contributed by atoms with Gasteiger partial charge in [-0.05, 0) is 42.7 Å². The lowest BCUT2D eigenvalue weighted by atomic mass is 9.85. The van der Waals surface area contributed by atoms with Crippen molar-refractivity contribution in [2.45, 2.75) is 65.1 Å². The molecule has 0 unspecified atom stereocenters. The molecule has 35 heavy (non-hydrogen) atoms. The zero-order valence-corrected chi connectivity index (χ0v) is 20.2. The number of ether oxygens (including phenoxy) is 1. The first kappa shape index (κ1) is 26.5. The first-order valence-electron chi connectivity index (χ1n) is 11.7. The first-order chi connectivity index (χ1) is 16.3. The van der Waals surface area contributed by atoms with Crippen molar-refractivity contribution >= 4 is 28.5 Å². The van der Waals surface area contributed by atoms with Gasteiger partial charge in [-0.1, -0.05) is 45.0 Å². The van der Waals surface area contributed by atoms with Crippen molar-refractivity contribution in [1.29, 1.82) is 0 Å². The van der Waals surface area contributed by atoms with E-state index in [2.05, 4.69) is 31.1 Å². The number of alkyl halides is 3. The predicted octanol–water partition coefficient (Wildman–Crippen LogP) is 6.00. The predicted molar refractivity (Wildman–Crippen MR) is 129 cm³/mol.